The number of hydrogen-bond donors (Lipinski definition) is 1. The van der Waals surface area contributed by atoms with Crippen molar-refractivity contribution in [3.63, 3.8) is 0 Å². The molecule has 20 heavy (non-hydrogen) atoms. The van der Waals surface area contributed by atoms with Crippen molar-refractivity contribution in [2.24, 2.45) is 0 Å². The first-order chi connectivity index (χ1) is 9.64. The van der Waals surface area contributed by atoms with E-state index in [1.165, 1.54) is 6.08 Å². The van der Waals surface area contributed by atoms with E-state index < -0.39 is 11.6 Å². The molecule has 1 amide bonds. The first-order valence-corrected chi connectivity index (χ1v) is 7.37. The van der Waals surface area contributed by atoms with E-state index in [9.17, 15) is 9.59 Å². The normalized spacial score (nSPS) is 16.4. The highest BCUT2D eigenvalue weighted by Gasteiger charge is 2.44. The zero-order valence-corrected chi connectivity index (χ0v) is 12.3. The predicted molar refractivity (Wildman–Crippen MR) is 76.4 cm³/mol. The van der Waals surface area contributed by atoms with Gasteiger partial charge in [0.1, 0.15) is 12.1 Å². The molecule has 0 bridgehead atoms. The second-order valence-corrected chi connectivity index (χ2v) is 5.14. The van der Waals surface area contributed by atoms with Crippen molar-refractivity contribution in [2.75, 3.05) is 13.2 Å². The van der Waals surface area contributed by atoms with Crippen LogP contribution in [0, 0.1) is 0 Å². The zero-order valence-electron chi connectivity index (χ0n) is 12.3. The number of ether oxygens (including phenoxy) is 2. The summed E-state index contributed by atoms with van der Waals surface area (Å²) in [4.78, 5) is 23.9. The van der Waals surface area contributed by atoms with Gasteiger partial charge in [0, 0.05) is 0 Å². The number of carbonyl (C=O) groups excluding carboxylic acids is 2. The lowest BCUT2D eigenvalue weighted by Gasteiger charge is -2.27. The molecule has 0 saturated heterocycles. The van der Waals surface area contributed by atoms with Gasteiger partial charge >= 0.3 is 12.1 Å². The van der Waals surface area contributed by atoms with Crippen LogP contribution in [0.3, 0.4) is 0 Å². The zero-order chi connectivity index (χ0) is 14.8. The Kier molecular flexibility index (Phi) is 7.12. The number of esters is 1. The Bertz CT molecular complexity index is 335. The van der Waals surface area contributed by atoms with Gasteiger partial charge < -0.3 is 14.8 Å². The first kappa shape index (κ1) is 16.5. The molecule has 0 aromatic heterocycles. The molecule has 1 aliphatic carbocycles. The summed E-state index contributed by atoms with van der Waals surface area (Å²) in [6.07, 6.45) is 6.92. The molecule has 0 aromatic rings. The van der Waals surface area contributed by atoms with Crippen molar-refractivity contribution < 1.29 is 19.1 Å². The number of hydrogen-bond acceptors (Lipinski definition) is 4. The summed E-state index contributed by atoms with van der Waals surface area (Å²) < 4.78 is 10.2. The Hall–Kier alpha value is -1.52. The van der Waals surface area contributed by atoms with Crippen LogP contribution in [0.15, 0.2) is 12.7 Å². The topological polar surface area (TPSA) is 64.6 Å². The molecule has 0 heterocycles. The van der Waals surface area contributed by atoms with Crippen LogP contribution in [0.1, 0.15) is 51.9 Å². The maximum absolute atomic E-state index is 12.2. The van der Waals surface area contributed by atoms with Crippen LogP contribution in [0.2, 0.25) is 0 Å². The maximum atomic E-state index is 12.2. The predicted octanol–water partition coefficient (Wildman–Crippen LogP) is 2.94. The monoisotopic (exact) mass is 283 g/mol. The lowest BCUT2D eigenvalue weighted by Crippen LogP contribution is -2.53. The number of unbranched alkanes of at least 4 members (excludes halogenated alkanes) is 2. The minimum atomic E-state index is -0.898. The summed E-state index contributed by atoms with van der Waals surface area (Å²) >= 11 is 0. The van der Waals surface area contributed by atoms with Crippen molar-refractivity contribution in [3.05, 3.63) is 12.7 Å². The third-order valence-corrected chi connectivity index (χ3v) is 3.50. The van der Waals surface area contributed by atoms with Crippen molar-refractivity contribution in [3.8, 4) is 0 Å². The molecular formula is C15H25NO4. The summed E-state index contributed by atoms with van der Waals surface area (Å²) in [5.41, 5.74) is -0.898. The molecule has 0 aliphatic heterocycles. The molecule has 1 fully saturated rings. The average Bonchev–Trinajstić information content (AvgIpc) is 2.91. The Morgan fingerprint density at radius 2 is 1.95 bits per heavy atom. The van der Waals surface area contributed by atoms with E-state index >= 15 is 0 Å². The minimum Gasteiger partial charge on any atom is -0.464 e. The van der Waals surface area contributed by atoms with Crippen molar-refractivity contribution in [1.29, 1.82) is 0 Å². The summed E-state index contributed by atoms with van der Waals surface area (Å²) in [6, 6.07) is 0. The largest absolute Gasteiger partial charge is 0.464 e. The van der Waals surface area contributed by atoms with E-state index in [0.717, 1.165) is 32.1 Å². The van der Waals surface area contributed by atoms with Crippen LogP contribution >= 0.6 is 0 Å². The van der Waals surface area contributed by atoms with Crippen LogP contribution in [-0.4, -0.2) is 30.8 Å². The van der Waals surface area contributed by atoms with Gasteiger partial charge in [-0.05, 0) is 19.3 Å². The fourth-order valence-corrected chi connectivity index (χ4v) is 2.38. The van der Waals surface area contributed by atoms with Crippen LogP contribution in [0.4, 0.5) is 4.79 Å². The fraction of sp³-hybridized carbons (Fsp3) is 0.733. The molecule has 0 atom stereocenters. The van der Waals surface area contributed by atoms with Gasteiger partial charge in [-0.3, -0.25) is 0 Å². The lowest BCUT2D eigenvalue weighted by atomic mass is 9.98. The molecule has 114 valence electrons. The molecule has 5 heteroatoms. The van der Waals surface area contributed by atoms with Crippen LogP contribution in [-0.2, 0) is 14.3 Å². The Morgan fingerprint density at radius 3 is 2.55 bits per heavy atom. The molecule has 0 unspecified atom stereocenters. The molecule has 1 N–H and O–H groups in total. The van der Waals surface area contributed by atoms with Gasteiger partial charge in [0.25, 0.3) is 0 Å². The molecular weight excluding hydrogens is 258 g/mol. The summed E-state index contributed by atoms with van der Waals surface area (Å²) in [6.45, 7) is 6.12. The second kappa shape index (κ2) is 8.61. The average molecular weight is 283 g/mol. The fourth-order valence-electron chi connectivity index (χ4n) is 2.38. The van der Waals surface area contributed by atoms with Gasteiger partial charge in [-0.15, -0.1) is 0 Å². The van der Waals surface area contributed by atoms with Gasteiger partial charge in [-0.25, -0.2) is 9.59 Å². The number of rotatable bonds is 8. The molecule has 0 spiro atoms. The number of alkyl carbamates (subject to hydrolysis) is 1. The molecule has 1 saturated carbocycles. The van der Waals surface area contributed by atoms with Crippen LogP contribution in [0.5, 0.6) is 0 Å². The van der Waals surface area contributed by atoms with Gasteiger partial charge in [0.15, 0.2) is 0 Å². The number of nitrogens with one attached hydrogen (secondary N) is 1. The van der Waals surface area contributed by atoms with Gasteiger partial charge in [-0.2, -0.15) is 0 Å². The van der Waals surface area contributed by atoms with Crippen molar-refractivity contribution >= 4 is 12.1 Å². The van der Waals surface area contributed by atoms with Gasteiger partial charge in [0.05, 0.1) is 6.61 Å². The summed E-state index contributed by atoms with van der Waals surface area (Å²) in [5, 5.41) is 2.68. The Labute approximate surface area is 120 Å². The molecule has 0 radical (unpaired) electrons. The highest BCUT2D eigenvalue weighted by atomic mass is 16.6. The van der Waals surface area contributed by atoms with E-state index in [1.807, 2.05) is 0 Å². The highest BCUT2D eigenvalue weighted by Crippen LogP contribution is 2.31. The summed E-state index contributed by atoms with van der Waals surface area (Å²) in [7, 11) is 0. The Morgan fingerprint density at radius 1 is 1.25 bits per heavy atom. The number of amides is 1. The van der Waals surface area contributed by atoms with Crippen LogP contribution < -0.4 is 5.32 Å². The molecule has 1 rings (SSSR count). The van der Waals surface area contributed by atoms with Gasteiger partial charge in [0.2, 0.25) is 0 Å². The lowest BCUT2D eigenvalue weighted by molar-refractivity contribution is -0.151. The van der Waals surface area contributed by atoms with Gasteiger partial charge in [-0.1, -0.05) is 45.3 Å². The third kappa shape index (κ3) is 4.87. The molecule has 0 aromatic carbocycles. The first-order valence-electron chi connectivity index (χ1n) is 7.37. The smallest absolute Gasteiger partial charge is 0.408 e. The maximum Gasteiger partial charge on any atom is 0.408 e. The van der Waals surface area contributed by atoms with E-state index in [0.29, 0.717) is 19.4 Å². The standard InChI is InChI=1S/C15H25NO4/c1-3-5-8-12-19-13(17)15(9-6-7-10-15)16-14(18)20-11-4-2/h4H,2-3,5-12H2,1H3,(H,16,18). The van der Waals surface area contributed by atoms with Crippen LogP contribution in [0.25, 0.3) is 0 Å². The number of carbonyl (C=O) groups is 2. The SMILES string of the molecule is C=CCOC(=O)NC1(C(=O)OCCCCC)CCCC1. The van der Waals surface area contributed by atoms with E-state index in [2.05, 4.69) is 18.8 Å². The van der Waals surface area contributed by atoms with Crippen molar-refractivity contribution in [2.45, 2.75) is 57.4 Å². The molecule has 1 aliphatic rings. The Balaban J connectivity index is 2.50. The van der Waals surface area contributed by atoms with E-state index in [1.54, 1.807) is 0 Å². The van der Waals surface area contributed by atoms with Crippen molar-refractivity contribution in [1.82, 2.24) is 5.32 Å². The highest BCUT2D eigenvalue weighted by molar-refractivity contribution is 5.86. The minimum absolute atomic E-state index is 0.132. The summed E-state index contributed by atoms with van der Waals surface area (Å²) in [5.74, 6) is -0.332. The third-order valence-electron chi connectivity index (χ3n) is 3.50. The van der Waals surface area contributed by atoms with E-state index in [4.69, 9.17) is 9.47 Å². The quantitative estimate of drug-likeness (QED) is 0.422. The second-order valence-electron chi connectivity index (χ2n) is 5.14. The molecule has 5 nitrogen and oxygen atoms in total. The van der Waals surface area contributed by atoms with E-state index in [-0.39, 0.29) is 12.6 Å².